The van der Waals surface area contributed by atoms with E-state index in [1.807, 2.05) is 7.05 Å². The van der Waals surface area contributed by atoms with Crippen molar-refractivity contribution in [1.29, 1.82) is 0 Å². The third-order valence-electron chi connectivity index (χ3n) is 2.84. The van der Waals surface area contributed by atoms with Gasteiger partial charge in [-0.15, -0.1) is 0 Å². The molecule has 0 spiro atoms. The maximum Gasteiger partial charge on any atom is 0.272 e. The number of hydrogen-bond acceptors (Lipinski definition) is 3. The fourth-order valence-electron chi connectivity index (χ4n) is 1.78. The topological polar surface area (TPSA) is 55.2 Å². The fraction of sp³-hybridized carbons (Fsp3) is 0.500. The monoisotopic (exact) mass is 240 g/mol. The van der Waals surface area contributed by atoms with E-state index in [2.05, 4.69) is 12.2 Å². The molecule has 0 aliphatic heterocycles. The first kappa shape index (κ1) is 13.6. The number of nitrogens with one attached hydrogen (secondary N) is 1. The van der Waals surface area contributed by atoms with Gasteiger partial charge >= 0.3 is 0 Å². The molecule has 1 N–H and O–H groups in total. The maximum atomic E-state index is 13.2. The minimum atomic E-state index is -0.568. The first-order valence-electron chi connectivity index (χ1n) is 5.68. The lowest BCUT2D eigenvalue weighted by Gasteiger charge is -2.13. The quantitative estimate of drug-likeness (QED) is 0.614. The molecule has 0 amide bonds. The molecule has 4 nitrogen and oxygen atoms in total. The van der Waals surface area contributed by atoms with Gasteiger partial charge in [-0.2, -0.15) is 0 Å². The van der Waals surface area contributed by atoms with Crippen LogP contribution < -0.4 is 5.32 Å². The Morgan fingerprint density at radius 3 is 2.71 bits per heavy atom. The molecule has 1 aromatic carbocycles. The van der Waals surface area contributed by atoms with E-state index in [0.717, 1.165) is 18.9 Å². The molecule has 0 bridgehead atoms. The molecular weight excluding hydrogens is 223 g/mol. The van der Waals surface area contributed by atoms with Crippen LogP contribution >= 0.6 is 0 Å². The maximum absolute atomic E-state index is 13.2. The van der Waals surface area contributed by atoms with Gasteiger partial charge in [0.25, 0.3) is 5.69 Å². The Bertz CT molecular complexity index is 392. The summed E-state index contributed by atoms with van der Waals surface area (Å²) in [5.74, 6) is -0.549. The average Bonchev–Trinajstić information content (AvgIpc) is 2.29. The van der Waals surface area contributed by atoms with Crippen molar-refractivity contribution < 1.29 is 9.31 Å². The zero-order valence-electron chi connectivity index (χ0n) is 10.1. The van der Waals surface area contributed by atoms with Crippen molar-refractivity contribution in [1.82, 2.24) is 5.32 Å². The molecular formula is C12H17FN2O2. The number of rotatable bonds is 6. The molecule has 1 unspecified atom stereocenters. The van der Waals surface area contributed by atoms with Gasteiger partial charge < -0.3 is 5.32 Å². The first-order valence-corrected chi connectivity index (χ1v) is 5.68. The van der Waals surface area contributed by atoms with Crippen LogP contribution in [-0.2, 0) is 6.42 Å². The Labute approximate surface area is 100.0 Å². The van der Waals surface area contributed by atoms with Crippen LogP contribution in [0.2, 0.25) is 0 Å². The highest BCUT2D eigenvalue weighted by Gasteiger charge is 2.11. The molecule has 0 fully saturated rings. The van der Waals surface area contributed by atoms with Crippen molar-refractivity contribution in [2.24, 2.45) is 0 Å². The minimum absolute atomic E-state index is 0.183. The molecule has 1 aromatic rings. The number of nitrogens with zero attached hydrogens (tertiary/aromatic N) is 1. The number of hydrogen-bond donors (Lipinski definition) is 1. The molecule has 0 aliphatic rings. The van der Waals surface area contributed by atoms with Gasteiger partial charge in [0, 0.05) is 12.1 Å². The lowest BCUT2D eigenvalue weighted by atomic mass is 10.0. The van der Waals surface area contributed by atoms with Gasteiger partial charge in [-0.25, -0.2) is 4.39 Å². The average molecular weight is 240 g/mol. The molecule has 5 heteroatoms. The van der Waals surface area contributed by atoms with E-state index in [1.54, 1.807) is 0 Å². The largest absolute Gasteiger partial charge is 0.317 e. The number of non-ortho nitro benzene ring substituents is 1. The Kier molecular flexibility index (Phi) is 5.03. The lowest BCUT2D eigenvalue weighted by Crippen LogP contribution is -2.24. The highest BCUT2D eigenvalue weighted by Crippen LogP contribution is 2.18. The van der Waals surface area contributed by atoms with E-state index >= 15 is 0 Å². The SMILES string of the molecule is CCC(CCc1cc(F)cc([N+](=O)[O-])c1)NC. The third kappa shape index (κ3) is 4.11. The highest BCUT2D eigenvalue weighted by molar-refractivity contribution is 5.35. The summed E-state index contributed by atoms with van der Waals surface area (Å²) in [6.07, 6.45) is 2.46. The predicted molar refractivity (Wildman–Crippen MR) is 64.5 cm³/mol. The van der Waals surface area contributed by atoms with Crippen molar-refractivity contribution in [2.45, 2.75) is 32.2 Å². The molecule has 1 atom stereocenters. The van der Waals surface area contributed by atoms with Crippen LogP contribution in [0.1, 0.15) is 25.3 Å². The van der Waals surface area contributed by atoms with Crippen LogP contribution in [0.25, 0.3) is 0 Å². The summed E-state index contributed by atoms with van der Waals surface area (Å²) in [7, 11) is 1.88. The Morgan fingerprint density at radius 2 is 2.18 bits per heavy atom. The summed E-state index contributed by atoms with van der Waals surface area (Å²) < 4.78 is 13.2. The van der Waals surface area contributed by atoms with E-state index in [1.165, 1.54) is 12.1 Å². The second-order valence-corrected chi connectivity index (χ2v) is 4.01. The van der Waals surface area contributed by atoms with E-state index in [9.17, 15) is 14.5 Å². The van der Waals surface area contributed by atoms with Gasteiger partial charge in [0.1, 0.15) is 5.82 Å². The van der Waals surface area contributed by atoms with Gasteiger partial charge in [0.2, 0.25) is 0 Å². The van der Waals surface area contributed by atoms with Gasteiger partial charge in [-0.05, 0) is 37.9 Å². The Hall–Kier alpha value is -1.49. The molecule has 0 heterocycles. The smallest absolute Gasteiger partial charge is 0.272 e. The highest BCUT2D eigenvalue weighted by atomic mass is 19.1. The zero-order chi connectivity index (χ0) is 12.8. The van der Waals surface area contributed by atoms with Crippen molar-refractivity contribution in [3.05, 3.63) is 39.7 Å². The number of halogens is 1. The number of nitro benzene ring substituents is 1. The summed E-state index contributed by atoms with van der Waals surface area (Å²) >= 11 is 0. The van der Waals surface area contributed by atoms with Crippen molar-refractivity contribution in [2.75, 3.05) is 7.05 Å². The molecule has 0 aromatic heterocycles. The molecule has 94 valence electrons. The van der Waals surface area contributed by atoms with Crippen LogP contribution in [0.5, 0.6) is 0 Å². The molecule has 17 heavy (non-hydrogen) atoms. The van der Waals surface area contributed by atoms with E-state index in [4.69, 9.17) is 0 Å². The normalized spacial score (nSPS) is 12.4. The van der Waals surface area contributed by atoms with Crippen LogP contribution in [0.4, 0.5) is 10.1 Å². The van der Waals surface area contributed by atoms with Gasteiger partial charge in [-0.1, -0.05) is 6.92 Å². The van der Waals surface area contributed by atoms with Crippen LogP contribution in [0, 0.1) is 15.9 Å². The second-order valence-electron chi connectivity index (χ2n) is 4.01. The fourth-order valence-corrected chi connectivity index (χ4v) is 1.78. The van der Waals surface area contributed by atoms with Crippen molar-refractivity contribution >= 4 is 5.69 Å². The first-order chi connectivity index (χ1) is 8.06. The second kappa shape index (κ2) is 6.30. The van der Waals surface area contributed by atoms with E-state index in [0.29, 0.717) is 18.0 Å². The molecule has 0 radical (unpaired) electrons. The summed E-state index contributed by atoms with van der Waals surface area (Å²) in [4.78, 5) is 10.0. The molecule has 0 saturated carbocycles. The zero-order valence-corrected chi connectivity index (χ0v) is 10.1. The van der Waals surface area contributed by atoms with E-state index < -0.39 is 10.7 Å². The lowest BCUT2D eigenvalue weighted by molar-refractivity contribution is -0.385. The van der Waals surface area contributed by atoms with Crippen molar-refractivity contribution in [3.63, 3.8) is 0 Å². The van der Waals surface area contributed by atoms with Crippen LogP contribution in [0.15, 0.2) is 18.2 Å². The molecule has 0 aliphatic carbocycles. The van der Waals surface area contributed by atoms with Crippen LogP contribution in [0.3, 0.4) is 0 Å². The molecule has 0 saturated heterocycles. The van der Waals surface area contributed by atoms with Gasteiger partial charge in [0.05, 0.1) is 11.0 Å². The third-order valence-corrected chi connectivity index (χ3v) is 2.84. The minimum Gasteiger partial charge on any atom is -0.317 e. The summed E-state index contributed by atoms with van der Waals surface area (Å²) in [6, 6.07) is 4.09. The number of aryl methyl sites for hydroxylation is 1. The summed E-state index contributed by atoms with van der Waals surface area (Å²) in [6.45, 7) is 2.06. The van der Waals surface area contributed by atoms with E-state index in [-0.39, 0.29) is 5.69 Å². The Morgan fingerprint density at radius 1 is 1.47 bits per heavy atom. The Balaban J connectivity index is 2.74. The van der Waals surface area contributed by atoms with Crippen LogP contribution in [-0.4, -0.2) is 18.0 Å². The number of benzene rings is 1. The van der Waals surface area contributed by atoms with Gasteiger partial charge in [-0.3, -0.25) is 10.1 Å². The number of nitro groups is 1. The summed E-state index contributed by atoms with van der Waals surface area (Å²) in [5, 5.41) is 13.7. The summed E-state index contributed by atoms with van der Waals surface area (Å²) in [5.41, 5.74) is 0.489. The molecule has 1 rings (SSSR count). The predicted octanol–water partition coefficient (Wildman–Crippen LogP) is 2.66. The standard InChI is InChI=1S/C12H17FN2O2/c1-3-11(14-2)5-4-9-6-10(13)8-12(7-9)15(16)17/h6-8,11,14H,3-5H2,1-2H3. The van der Waals surface area contributed by atoms with Crippen molar-refractivity contribution in [3.8, 4) is 0 Å². The van der Waals surface area contributed by atoms with Gasteiger partial charge in [0.15, 0.2) is 0 Å².